The van der Waals surface area contributed by atoms with Gasteiger partial charge in [-0.05, 0) is 36.4 Å². The summed E-state index contributed by atoms with van der Waals surface area (Å²) in [5, 5.41) is 40.0. The zero-order valence-electron chi connectivity index (χ0n) is 12.6. The fraction of sp³-hybridized carbons (Fsp3) is 0. The Labute approximate surface area is 147 Å². The van der Waals surface area contributed by atoms with Crippen molar-refractivity contribution in [1.82, 2.24) is 0 Å². The smallest absolute Gasteiger partial charge is 0.269 e. The lowest BCUT2D eigenvalue weighted by Gasteiger charge is -2.06. The number of benzene rings is 2. The van der Waals surface area contributed by atoms with Crippen molar-refractivity contribution in [2.75, 3.05) is 5.32 Å². The monoisotopic (exact) mass is 347 g/mol. The number of non-ortho nitro benzene ring substituents is 1. The van der Waals surface area contributed by atoms with Crippen LogP contribution in [0.25, 0.3) is 0 Å². The summed E-state index contributed by atoms with van der Waals surface area (Å²) in [5.41, 5.74) is 0.200. The average Bonchev–Trinajstić information content (AvgIpc) is 2.63. The molecule has 0 unspecified atom stereocenters. The molecule has 0 heterocycles. The standard InChI is InChI=1S/C17H9N5O2S/c18-9-12(10-19)17(11-20)21-13-1-5-15(6-2-13)25-16-7-3-14(4-8-16)22(23)24/h1-8,21H. The van der Waals surface area contributed by atoms with Crippen molar-refractivity contribution >= 4 is 23.1 Å². The fourth-order valence-corrected chi connectivity index (χ4v) is 2.62. The van der Waals surface area contributed by atoms with Crippen molar-refractivity contribution in [3.05, 3.63) is 69.9 Å². The molecule has 25 heavy (non-hydrogen) atoms. The molecular weight excluding hydrogens is 338 g/mol. The normalized spacial score (nSPS) is 9.16. The summed E-state index contributed by atoms with van der Waals surface area (Å²) in [6.45, 7) is 0. The van der Waals surface area contributed by atoms with Crippen LogP contribution in [0, 0.1) is 44.1 Å². The molecule has 8 heteroatoms. The molecule has 0 aliphatic heterocycles. The van der Waals surface area contributed by atoms with E-state index in [-0.39, 0.29) is 17.0 Å². The highest BCUT2D eigenvalue weighted by Crippen LogP contribution is 2.30. The van der Waals surface area contributed by atoms with Crippen LogP contribution in [0.15, 0.2) is 69.6 Å². The molecule has 0 fully saturated rings. The minimum atomic E-state index is -0.452. The Morgan fingerprint density at radius 1 is 0.920 bits per heavy atom. The molecule has 0 aliphatic rings. The minimum Gasteiger partial charge on any atom is -0.345 e. The van der Waals surface area contributed by atoms with Gasteiger partial charge in [-0.25, -0.2) is 0 Å². The van der Waals surface area contributed by atoms with Gasteiger partial charge in [-0.1, -0.05) is 11.8 Å². The number of anilines is 1. The summed E-state index contributed by atoms with van der Waals surface area (Å²) >= 11 is 1.42. The van der Waals surface area contributed by atoms with Gasteiger partial charge in [0, 0.05) is 27.6 Å². The number of hydrogen-bond acceptors (Lipinski definition) is 7. The highest BCUT2D eigenvalue weighted by atomic mass is 32.2. The van der Waals surface area contributed by atoms with Gasteiger partial charge in [0.1, 0.15) is 23.9 Å². The number of hydrogen-bond donors (Lipinski definition) is 1. The molecule has 7 nitrogen and oxygen atoms in total. The number of nitrogens with zero attached hydrogens (tertiary/aromatic N) is 4. The zero-order valence-corrected chi connectivity index (χ0v) is 13.4. The molecule has 0 spiro atoms. The Balaban J connectivity index is 2.11. The summed E-state index contributed by atoms with van der Waals surface area (Å²) in [5.74, 6) is 0. The van der Waals surface area contributed by atoms with E-state index in [2.05, 4.69) is 5.32 Å². The summed E-state index contributed by atoms with van der Waals surface area (Å²) in [4.78, 5) is 11.9. The molecule has 0 aromatic heterocycles. The van der Waals surface area contributed by atoms with Crippen LogP contribution < -0.4 is 5.32 Å². The average molecular weight is 347 g/mol. The third kappa shape index (κ3) is 4.59. The van der Waals surface area contributed by atoms with E-state index in [4.69, 9.17) is 15.8 Å². The van der Waals surface area contributed by atoms with Crippen LogP contribution in [0.1, 0.15) is 0 Å². The molecule has 0 bridgehead atoms. The van der Waals surface area contributed by atoms with Crippen molar-refractivity contribution in [2.24, 2.45) is 0 Å². The number of nitriles is 3. The van der Waals surface area contributed by atoms with E-state index < -0.39 is 4.92 Å². The lowest BCUT2D eigenvalue weighted by atomic mass is 10.2. The number of rotatable bonds is 5. The van der Waals surface area contributed by atoms with Crippen molar-refractivity contribution in [3.63, 3.8) is 0 Å². The van der Waals surface area contributed by atoms with E-state index >= 15 is 0 Å². The van der Waals surface area contributed by atoms with E-state index in [1.165, 1.54) is 23.9 Å². The minimum absolute atomic E-state index is 0.0329. The topological polar surface area (TPSA) is 127 Å². The number of nitrogens with one attached hydrogen (secondary N) is 1. The van der Waals surface area contributed by atoms with Gasteiger partial charge in [0.2, 0.25) is 0 Å². The van der Waals surface area contributed by atoms with Crippen LogP contribution >= 0.6 is 11.8 Å². The summed E-state index contributed by atoms with van der Waals surface area (Å²) in [6, 6.07) is 18.3. The zero-order chi connectivity index (χ0) is 18.2. The third-order valence-electron chi connectivity index (χ3n) is 2.99. The number of nitro groups is 1. The lowest BCUT2D eigenvalue weighted by molar-refractivity contribution is -0.384. The Morgan fingerprint density at radius 2 is 1.44 bits per heavy atom. The van der Waals surface area contributed by atoms with Crippen LogP contribution in [0.2, 0.25) is 0 Å². The highest BCUT2D eigenvalue weighted by molar-refractivity contribution is 7.99. The van der Waals surface area contributed by atoms with Crippen LogP contribution in [0.4, 0.5) is 11.4 Å². The second kappa shape index (κ2) is 8.16. The molecule has 1 N–H and O–H groups in total. The molecule has 2 aromatic carbocycles. The second-order valence-corrected chi connectivity index (χ2v) is 5.73. The van der Waals surface area contributed by atoms with E-state index in [9.17, 15) is 10.1 Å². The maximum absolute atomic E-state index is 10.6. The van der Waals surface area contributed by atoms with E-state index in [1.54, 1.807) is 54.6 Å². The Bertz CT molecular complexity index is 929. The van der Waals surface area contributed by atoms with E-state index in [0.29, 0.717) is 5.69 Å². The van der Waals surface area contributed by atoms with Gasteiger partial charge in [-0.3, -0.25) is 10.1 Å². The fourth-order valence-electron chi connectivity index (χ4n) is 1.81. The van der Waals surface area contributed by atoms with Crippen LogP contribution in [-0.4, -0.2) is 4.92 Å². The summed E-state index contributed by atoms with van der Waals surface area (Å²) < 4.78 is 0. The van der Waals surface area contributed by atoms with Gasteiger partial charge in [0.15, 0.2) is 5.57 Å². The molecule has 0 radical (unpaired) electrons. The second-order valence-electron chi connectivity index (χ2n) is 4.59. The third-order valence-corrected chi connectivity index (χ3v) is 4.01. The van der Waals surface area contributed by atoms with Gasteiger partial charge in [0.25, 0.3) is 5.69 Å². The van der Waals surface area contributed by atoms with Crippen LogP contribution in [-0.2, 0) is 0 Å². The molecule has 0 aliphatic carbocycles. The molecule has 0 saturated carbocycles. The Morgan fingerprint density at radius 3 is 1.88 bits per heavy atom. The largest absolute Gasteiger partial charge is 0.345 e. The molecule has 0 atom stereocenters. The van der Waals surface area contributed by atoms with Crippen molar-refractivity contribution < 1.29 is 4.92 Å². The maximum Gasteiger partial charge on any atom is 0.269 e. The Kier molecular flexibility index (Phi) is 5.73. The molecule has 2 aromatic rings. The highest BCUT2D eigenvalue weighted by Gasteiger charge is 2.07. The van der Waals surface area contributed by atoms with Gasteiger partial charge >= 0.3 is 0 Å². The number of allylic oxidation sites excluding steroid dienone is 2. The van der Waals surface area contributed by atoms with Crippen LogP contribution in [0.5, 0.6) is 0 Å². The first-order valence-corrected chi connectivity index (χ1v) is 7.63. The first-order chi connectivity index (χ1) is 12.1. The lowest BCUT2D eigenvalue weighted by Crippen LogP contribution is -2.00. The quantitative estimate of drug-likeness (QED) is 0.492. The summed E-state index contributed by atoms with van der Waals surface area (Å²) in [6.07, 6.45) is 0. The predicted molar refractivity (Wildman–Crippen MR) is 91.1 cm³/mol. The first kappa shape index (κ1) is 17.6. The van der Waals surface area contributed by atoms with Gasteiger partial charge in [-0.2, -0.15) is 15.8 Å². The van der Waals surface area contributed by atoms with E-state index in [1.807, 2.05) is 0 Å². The Hall–Kier alpha value is -3.80. The van der Waals surface area contributed by atoms with Crippen molar-refractivity contribution in [3.8, 4) is 18.2 Å². The van der Waals surface area contributed by atoms with E-state index in [0.717, 1.165) is 9.79 Å². The molecule has 2 rings (SSSR count). The number of nitro benzene ring substituents is 1. The molecular formula is C17H9N5O2S. The molecule has 120 valence electrons. The van der Waals surface area contributed by atoms with Gasteiger partial charge in [0.05, 0.1) is 4.92 Å². The SMILES string of the molecule is N#CC(C#N)=C(C#N)Nc1ccc(Sc2ccc([N+](=O)[O-])cc2)cc1. The first-order valence-electron chi connectivity index (χ1n) is 6.81. The van der Waals surface area contributed by atoms with Gasteiger partial charge in [-0.15, -0.1) is 0 Å². The van der Waals surface area contributed by atoms with Gasteiger partial charge < -0.3 is 5.32 Å². The summed E-state index contributed by atoms with van der Waals surface area (Å²) in [7, 11) is 0. The predicted octanol–water partition coefficient (Wildman–Crippen LogP) is 3.98. The van der Waals surface area contributed by atoms with Crippen molar-refractivity contribution in [1.29, 1.82) is 15.8 Å². The molecule has 0 saturated heterocycles. The maximum atomic E-state index is 10.6. The van der Waals surface area contributed by atoms with Crippen LogP contribution in [0.3, 0.4) is 0 Å². The van der Waals surface area contributed by atoms with Crippen molar-refractivity contribution in [2.45, 2.75) is 9.79 Å². The molecule has 0 amide bonds.